The lowest BCUT2D eigenvalue weighted by molar-refractivity contribution is -0.136. The quantitative estimate of drug-likeness (QED) is 0.814. The first-order valence-corrected chi connectivity index (χ1v) is 5.73. The number of halogens is 1. The third kappa shape index (κ3) is 2.90. The minimum atomic E-state index is -0.883. The van der Waals surface area contributed by atoms with Crippen molar-refractivity contribution >= 4 is 28.9 Å². The lowest BCUT2D eigenvalue weighted by atomic mass is 10.0. The van der Waals surface area contributed by atoms with Gasteiger partial charge >= 0.3 is 0 Å². The Hall–Kier alpha value is -1.26. The van der Waals surface area contributed by atoms with E-state index in [0.717, 1.165) is 0 Å². The van der Waals surface area contributed by atoms with E-state index in [9.17, 15) is 4.79 Å². The molecule has 0 aliphatic carbocycles. The number of amides is 1. The van der Waals surface area contributed by atoms with Crippen LogP contribution in [0.3, 0.4) is 0 Å². The largest absolute Gasteiger partial charge is 0.397 e. The molecule has 5 heteroatoms. The number of hydrogen-bond acceptors (Lipinski definition) is 3. The summed E-state index contributed by atoms with van der Waals surface area (Å²) in [6, 6.07) is 5.07. The van der Waals surface area contributed by atoms with Gasteiger partial charge < -0.3 is 15.8 Å². The number of nitrogen functional groups attached to an aromatic ring is 1. The van der Waals surface area contributed by atoms with Gasteiger partial charge in [0.15, 0.2) is 0 Å². The third-order valence-electron chi connectivity index (χ3n) is 2.89. The van der Waals surface area contributed by atoms with Gasteiger partial charge in [0.2, 0.25) is 0 Å². The predicted octanol–water partition coefficient (Wildman–Crippen LogP) is 2.68. The van der Waals surface area contributed by atoms with Crippen molar-refractivity contribution in [2.24, 2.45) is 0 Å². The Labute approximate surface area is 106 Å². The van der Waals surface area contributed by atoms with Crippen LogP contribution < -0.4 is 11.1 Å². The second-order valence-electron chi connectivity index (χ2n) is 3.95. The molecule has 0 radical (unpaired) electrons. The second-order valence-corrected chi connectivity index (χ2v) is 4.35. The van der Waals surface area contributed by atoms with Gasteiger partial charge in [-0.25, -0.2) is 0 Å². The van der Waals surface area contributed by atoms with Crippen LogP contribution in [0.4, 0.5) is 11.4 Å². The van der Waals surface area contributed by atoms with Crippen LogP contribution in [0.2, 0.25) is 5.02 Å². The lowest BCUT2D eigenvalue weighted by Crippen LogP contribution is -2.41. The number of carbonyl (C=O) groups excluding carboxylic acids is 1. The highest BCUT2D eigenvalue weighted by molar-refractivity contribution is 6.34. The van der Waals surface area contributed by atoms with Gasteiger partial charge in [0.1, 0.15) is 5.60 Å². The van der Waals surface area contributed by atoms with Crippen LogP contribution in [-0.4, -0.2) is 18.6 Å². The Morgan fingerprint density at radius 3 is 2.71 bits per heavy atom. The molecule has 1 rings (SSSR count). The number of carbonyl (C=O) groups is 1. The van der Waals surface area contributed by atoms with E-state index < -0.39 is 5.60 Å². The van der Waals surface area contributed by atoms with Crippen molar-refractivity contribution in [3.63, 3.8) is 0 Å². The Kier molecular flexibility index (Phi) is 4.37. The number of methoxy groups -OCH3 is 1. The number of nitrogens with one attached hydrogen (secondary N) is 1. The molecular weight excluding hydrogens is 240 g/mol. The molecule has 4 nitrogen and oxygen atoms in total. The molecule has 3 N–H and O–H groups in total. The van der Waals surface area contributed by atoms with Gasteiger partial charge in [0, 0.05) is 7.11 Å². The summed E-state index contributed by atoms with van der Waals surface area (Å²) in [5.41, 5.74) is 5.73. The highest BCUT2D eigenvalue weighted by atomic mass is 35.5. The average molecular weight is 257 g/mol. The predicted molar refractivity (Wildman–Crippen MR) is 70.2 cm³/mol. The summed E-state index contributed by atoms with van der Waals surface area (Å²) in [5.74, 6) is -0.262. The van der Waals surface area contributed by atoms with Gasteiger partial charge in [0.05, 0.1) is 16.4 Å². The smallest absolute Gasteiger partial charge is 0.256 e. The SMILES string of the molecule is CCC(C)(OC)C(=O)Nc1c(N)cccc1Cl. The molecule has 17 heavy (non-hydrogen) atoms. The number of anilines is 2. The fraction of sp³-hybridized carbons (Fsp3) is 0.417. The van der Waals surface area contributed by atoms with E-state index in [1.54, 1.807) is 25.1 Å². The van der Waals surface area contributed by atoms with Crippen molar-refractivity contribution < 1.29 is 9.53 Å². The molecule has 94 valence electrons. The molecule has 0 heterocycles. The van der Waals surface area contributed by atoms with Gasteiger partial charge in [-0.3, -0.25) is 4.79 Å². The van der Waals surface area contributed by atoms with E-state index in [2.05, 4.69) is 5.32 Å². The van der Waals surface area contributed by atoms with Gasteiger partial charge in [-0.2, -0.15) is 0 Å². The summed E-state index contributed by atoms with van der Waals surface area (Å²) in [6.07, 6.45) is 0.555. The van der Waals surface area contributed by atoms with E-state index in [-0.39, 0.29) is 5.91 Å². The minimum absolute atomic E-state index is 0.262. The maximum atomic E-state index is 12.1. The van der Waals surface area contributed by atoms with Crippen LogP contribution >= 0.6 is 11.6 Å². The summed E-state index contributed by atoms with van der Waals surface area (Å²) in [6.45, 7) is 3.59. The number of benzene rings is 1. The summed E-state index contributed by atoms with van der Waals surface area (Å²) in [5, 5.41) is 3.11. The fourth-order valence-corrected chi connectivity index (χ4v) is 1.55. The molecule has 0 spiro atoms. The van der Waals surface area contributed by atoms with E-state index >= 15 is 0 Å². The summed E-state index contributed by atoms with van der Waals surface area (Å²) < 4.78 is 5.20. The molecule has 0 aliphatic heterocycles. The van der Waals surface area contributed by atoms with Crippen molar-refractivity contribution in [2.45, 2.75) is 25.9 Å². The summed E-state index contributed by atoms with van der Waals surface area (Å²) in [7, 11) is 1.50. The molecule has 0 saturated carbocycles. The van der Waals surface area contributed by atoms with E-state index in [4.69, 9.17) is 22.1 Å². The van der Waals surface area contributed by atoms with Crippen LogP contribution in [0.1, 0.15) is 20.3 Å². The molecule has 0 aromatic heterocycles. The monoisotopic (exact) mass is 256 g/mol. The molecule has 0 aliphatic rings. The van der Waals surface area contributed by atoms with Gasteiger partial charge in [-0.15, -0.1) is 0 Å². The molecule has 1 unspecified atom stereocenters. The summed E-state index contributed by atoms with van der Waals surface area (Å²) >= 11 is 5.97. The highest BCUT2D eigenvalue weighted by Gasteiger charge is 2.31. The molecule has 1 aromatic carbocycles. The zero-order chi connectivity index (χ0) is 13.1. The van der Waals surface area contributed by atoms with Crippen LogP contribution in [0.25, 0.3) is 0 Å². The number of nitrogens with two attached hydrogens (primary N) is 1. The highest BCUT2D eigenvalue weighted by Crippen LogP contribution is 2.29. The fourth-order valence-electron chi connectivity index (χ4n) is 1.32. The first-order valence-electron chi connectivity index (χ1n) is 5.35. The average Bonchev–Trinajstić information content (AvgIpc) is 2.32. The Bertz CT molecular complexity index is 397. The Balaban J connectivity index is 2.96. The second kappa shape index (κ2) is 5.38. The molecule has 0 fully saturated rings. The molecule has 0 saturated heterocycles. The van der Waals surface area contributed by atoms with Crippen LogP contribution in [0.5, 0.6) is 0 Å². The first kappa shape index (κ1) is 13.8. The van der Waals surface area contributed by atoms with Gasteiger partial charge in [-0.1, -0.05) is 24.6 Å². The number of ether oxygens (including phenoxy) is 1. The van der Waals surface area contributed by atoms with Crippen LogP contribution in [0, 0.1) is 0 Å². The van der Waals surface area contributed by atoms with Gasteiger partial charge in [-0.05, 0) is 25.5 Å². The van der Waals surface area contributed by atoms with Crippen molar-refractivity contribution in [2.75, 3.05) is 18.2 Å². The summed E-state index contributed by atoms with van der Waals surface area (Å²) in [4.78, 5) is 12.1. The zero-order valence-electron chi connectivity index (χ0n) is 10.2. The molecular formula is C12H17ClN2O2. The van der Waals surface area contributed by atoms with Crippen molar-refractivity contribution in [3.8, 4) is 0 Å². The molecule has 1 amide bonds. The topological polar surface area (TPSA) is 64.3 Å². The number of hydrogen-bond donors (Lipinski definition) is 2. The van der Waals surface area contributed by atoms with Crippen molar-refractivity contribution in [3.05, 3.63) is 23.2 Å². The van der Waals surface area contributed by atoms with Crippen molar-refractivity contribution in [1.29, 1.82) is 0 Å². The van der Waals surface area contributed by atoms with Crippen LogP contribution in [-0.2, 0) is 9.53 Å². The van der Waals surface area contributed by atoms with E-state index in [1.807, 2.05) is 6.92 Å². The Morgan fingerprint density at radius 1 is 1.59 bits per heavy atom. The molecule has 0 bridgehead atoms. The van der Waals surface area contributed by atoms with Crippen LogP contribution in [0.15, 0.2) is 18.2 Å². The maximum Gasteiger partial charge on any atom is 0.256 e. The minimum Gasteiger partial charge on any atom is -0.397 e. The van der Waals surface area contributed by atoms with E-state index in [0.29, 0.717) is 22.8 Å². The Morgan fingerprint density at radius 2 is 2.24 bits per heavy atom. The first-order chi connectivity index (χ1) is 7.94. The van der Waals surface area contributed by atoms with Crippen molar-refractivity contribution in [1.82, 2.24) is 0 Å². The number of para-hydroxylation sites is 1. The maximum absolute atomic E-state index is 12.1. The number of rotatable bonds is 4. The third-order valence-corrected chi connectivity index (χ3v) is 3.20. The van der Waals surface area contributed by atoms with Gasteiger partial charge in [0.25, 0.3) is 5.91 Å². The normalized spacial score (nSPS) is 14.1. The lowest BCUT2D eigenvalue weighted by Gasteiger charge is -2.25. The standard InChI is InChI=1S/C12H17ClN2O2/c1-4-12(2,17-3)11(16)15-10-8(13)6-5-7-9(10)14/h5-7H,4,14H2,1-3H3,(H,15,16). The van der Waals surface area contributed by atoms with E-state index in [1.165, 1.54) is 7.11 Å². The molecule has 1 atom stereocenters. The molecule has 1 aromatic rings. The zero-order valence-corrected chi connectivity index (χ0v) is 11.0.